The SMILES string of the molecule is O=C(CCO)N[C@H]1[C@H](OC[C@H]2O[C@H](OP(=O)(O)O)[C@H](NC(=O)CCO)[C@@H](OC(=O)CCO)[C@@H]2O)O[C@H](CO[C@]2(C(=O)O)C[C@@H](OP(=O)(O)O)[C@@H](O)[C@@H]([C@H](O)CO)O2)[C@@H](OP(=O)(O)O)[C@@H]1OC(=O)CCO. The Bertz CT molecular complexity index is 1900. The molecule has 2 amide bonds. The molecule has 17 N–H and O–H groups in total. The Morgan fingerprint density at radius 2 is 1.11 bits per heavy atom. The Kier molecular flexibility index (Phi) is 23.6. The molecule has 3 aliphatic rings. The fraction of sp³-hybridized carbons (Fsp3) is 0.844. The molecule has 0 unspecified atom stereocenters. The highest BCUT2D eigenvalue weighted by Crippen LogP contribution is 2.46. The number of aliphatic carboxylic acids is 1. The summed E-state index contributed by atoms with van der Waals surface area (Å²) in [5.41, 5.74) is 0. The first-order chi connectivity index (χ1) is 32.5. The number of carbonyl (C=O) groups is 5. The molecule has 0 bridgehead atoms. The van der Waals surface area contributed by atoms with Crippen molar-refractivity contribution in [3.05, 3.63) is 0 Å². The third kappa shape index (κ3) is 18.3. The molecule has 3 heterocycles. The summed E-state index contributed by atoms with van der Waals surface area (Å²) in [6, 6.07) is -4.16. The first kappa shape index (κ1) is 61.5. The molecule has 0 aromatic heterocycles. The second-order valence-corrected chi connectivity index (χ2v) is 18.7. The van der Waals surface area contributed by atoms with Gasteiger partial charge in [-0.1, -0.05) is 0 Å². The Hall–Kier alpha value is -2.84. The van der Waals surface area contributed by atoms with Crippen LogP contribution in [0.1, 0.15) is 32.1 Å². The average Bonchev–Trinajstić information content (AvgIpc) is 3.23. The monoisotopic (exact) mass is 1090 g/mol. The first-order valence-electron chi connectivity index (χ1n) is 20.3. The lowest BCUT2D eigenvalue weighted by Crippen LogP contribution is -2.68. The van der Waals surface area contributed by atoms with Gasteiger partial charge in [-0.2, -0.15) is 0 Å². The van der Waals surface area contributed by atoms with E-state index in [0.717, 1.165) is 0 Å². The molecule has 70 heavy (non-hydrogen) atoms. The lowest BCUT2D eigenvalue weighted by atomic mass is 9.92. The molecule has 0 radical (unpaired) electrons. The summed E-state index contributed by atoms with van der Waals surface area (Å²) in [5.74, 6) is -10.5. The van der Waals surface area contributed by atoms with Gasteiger partial charge in [-0.05, 0) is 0 Å². The third-order valence-corrected chi connectivity index (χ3v) is 11.5. The van der Waals surface area contributed by atoms with Crippen LogP contribution in [0.2, 0.25) is 0 Å². The van der Waals surface area contributed by atoms with E-state index in [1.165, 1.54) is 0 Å². The fourth-order valence-corrected chi connectivity index (χ4v) is 8.55. The molecule has 35 nitrogen and oxygen atoms in total. The quantitative estimate of drug-likeness (QED) is 0.0268. The van der Waals surface area contributed by atoms with Crippen LogP contribution in [-0.4, -0.2) is 243 Å². The van der Waals surface area contributed by atoms with Crippen molar-refractivity contribution in [3.8, 4) is 0 Å². The Labute approximate surface area is 393 Å². The van der Waals surface area contributed by atoms with Crippen LogP contribution in [0.15, 0.2) is 0 Å². The van der Waals surface area contributed by atoms with Crippen molar-refractivity contribution in [2.45, 2.75) is 124 Å². The van der Waals surface area contributed by atoms with E-state index in [4.69, 9.17) is 37.7 Å². The zero-order valence-electron chi connectivity index (χ0n) is 36.0. The van der Waals surface area contributed by atoms with Crippen molar-refractivity contribution in [2.24, 2.45) is 0 Å². The average molecular weight is 1090 g/mol. The lowest BCUT2D eigenvalue weighted by molar-refractivity contribution is -0.339. The smallest absolute Gasteiger partial charge is 0.472 e. The zero-order valence-corrected chi connectivity index (χ0v) is 38.6. The van der Waals surface area contributed by atoms with Gasteiger partial charge in [-0.15, -0.1) is 0 Å². The van der Waals surface area contributed by atoms with Gasteiger partial charge < -0.3 is 119 Å². The normalized spacial score (nSPS) is 32.3. The van der Waals surface area contributed by atoms with Crippen molar-refractivity contribution < 1.29 is 160 Å². The van der Waals surface area contributed by atoms with E-state index in [1.54, 1.807) is 0 Å². The zero-order chi connectivity index (χ0) is 52.9. The number of rotatable bonds is 27. The predicted molar refractivity (Wildman–Crippen MR) is 212 cm³/mol. The van der Waals surface area contributed by atoms with Gasteiger partial charge in [0.15, 0.2) is 24.8 Å². The van der Waals surface area contributed by atoms with Gasteiger partial charge in [0.25, 0.3) is 5.79 Å². The van der Waals surface area contributed by atoms with Crippen molar-refractivity contribution >= 4 is 53.2 Å². The topological polar surface area (TPSA) is 556 Å². The highest BCUT2D eigenvalue weighted by Gasteiger charge is 2.59. The second-order valence-electron chi connectivity index (χ2n) is 15.1. The summed E-state index contributed by atoms with van der Waals surface area (Å²) < 4.78 is 89.0. The first-order valence-corrected chi connectivity index (χ1v) is 24.9. The van der Waals surface area contributed by atoms with Crippen LogP contribution in [0.4, 0.5) is 0 Å². The van der Waals surface area contributed by atoms with Gasteiger partial charge in [0.2, 0.25) is 11.8 Å². The number of phosphoric ester groups is 3. The van der Waals surface area contributed by atoms with E-state index in [1.807, 2.05) is 0 Å². The number of amides is 2. The molecule has 0 saturated carbocycles. The Balaban J connectivity index is 2.21. The third-order valence-electron chi connectivity index (χ3n) is 9.90. The van der Waals surface area contributed by atoms with E-state index in [9.17, 15) is 113 Å². The number of aliphatic hydroxyl groups is 8. The van der Waals surface area contributed by atoms with Crippen LogP contribution in [0.3, 0.4) is 0 Å². The molecule has 38 heteroatoms. The minimum atomic E-state index is -5.89. The summed E-state index contributed by atoms with van der Waals surface area (Å²) >= 11 is 0. The van der Waals surface area contributed by atoms with Crippen molar-refractivity contribution in [1.82, 2.24) is 10.6 Å². The number of ether oxygens (including phenoxy) is 7. The molecular weight excluding hydrogens is 1030 g/mol. The highest BCUT2D eigenvalue weighted by atomic mass is 31.2. The lowest BCUT2D eigenvalue weighted by Gasteiger charge is -2.48. The predicted octanol–water partition coefficient (Wildman–Crippen LogP) is -8.50. The van der Waals surface area contributed by atoms with E-state index in [2.05, 4.69) is 19.7 Å². The van der Waals surface area contributed by atoms with Gasteiger partial charge >= 0.3 is 41.4 Å². The Morgan fingerprint density at radius 1 is 0.629 bits per heavy atom. The van der Waals surface area contributed by atoms with Crippen LogP contribution in [-0.2, 0) is 84.4 Å². The molecule has 3 aliphatic heterocycles. The van der Waals surface area contributed by atoms with Gasteiger partial charge in [-0.3, -0.25) is 32.7 Å². The number of nitrogens with one attached hydrogen (secondary N) is 2. The Morgan fingerprint density at radius 3 is 1.59 bits per heavy atom. The second kappa shape index (κ2) is 26.9. The van der Waals surface area contributed by atoms with Crippen LogP contribution >= 0.6 is 23.5 Å². The number of carboxylic acids is 1. The van der Waals surface area contributed by atoms with E-state index < -0.39 is 223 Å². The number of esters is 2. The number of aliphatic hydroxyl groups excluding tert-OH is 8. The molecule has 3 saturated heterocycles. The number of carbonyl (C=O) groups excluding carboxylic acids is 4. The van der Waals surface area contributed by atoms with Gasteiger partial charge in [0.05, 0.1) is 59.1 Å². The number of phosphoric acid groups is 3. The van der Waals surface area contributed by atoms with Crippen LogP contribution in [0.25, 0.3) is 0 Å². The van der Waals surface area contributed by atoms with Crippen molar-refractivity contribution in [2.75, 3.05) is 46.2 Å². The summed E-state index contributed by atoms with van der Waals surface area (Å²) in [4.78, 5) is 123. The minimum absolute atomic E-state index is 0.669. The summed E-state index contributed by atoms with van der Waals surface area (Å²) in [6.45, 7) is -7.42. The van der Waals surface area contributed by atoms with Crippen molar-refractivity contribution in [1.29, 1.82) is 0 Å². The molecule has 0 spiro atoms. The maximum atomic E-state index is 13.0. The molecule has 3 rings (SSSR count). The van der Waals surface area contributed by atoms with Crippen LogP contribution in [0.5, 0.6) is 0 Å². The van der Waals surface area contributed by atoms with Crippen LogP contribution < -0.4 is 10.6 Å². The standard InChI is InChI=1S/C32H55N2O33P3/c35-5-1-17(41)33-21-27(62-19(43)3-7-37)24(46)15(60-30(21)67-70(55,56)57)11-58-29-22(34-18(42)2-6-36)28(63-20(44)4-8-38)26(66-69(52,53)54)16(61-29)12-59-32(31(47)48)9-14(65-68(49,50)51)23(45)25(64-32)13(40)10-39/h13-16,21-30,35-40,45-46H,1-12H2,(H,33,41)(H,34,42)(H,47,48)(H2,49,50,51)(H2,52,53,54)(H2,55,56,57)/t13-,14-,15-,16-,21-,22-,23-,24-,25-,26-,27-,28-,29-,30-,32-/m1/s1. The number of carboxylic acid groups (broad SMARTS) is 1. The van der Waals surface area contributed by atoms with Crippen molar-refractivity contribution in [3.63, 3.8) is 0 Å². The van der Waals surface area contributed by atoms with E-state index >= 15 is 0 Å². The van der Waals surface area contributed by atoms with Crippen LogP contribution in [0, 0.1) is 0 Å². The summed E-state index contributed by atoms with van der Waals surface area (Å²) in [5, 5.41) is 94.4. The molecular formula is C32H55N2O33P3. The maximum absolute atomic E-state index is 13.0. The van der Waals surface area contributed by atoms with Gasteiger partial charge in [-0.25, -0.2) is 18.5 Å². The van der Waals surface area contributed by atoms with Gasteiger partial charge in [0.1, 0.15) is 60.9 Å². The largest absolute Gasteiger partial charge is 0.477 e. The number of hydrogen-bond acceptors (Lipinski definition) is 26. The fourth-order valence-electron chi connectivity index (χ4n) is 6.98. The molecule has 0 aromatic rings. The molecule has 0 aliphatic carbocycles. The molecule has 3 fully saturated rings. The molecule has 406 valence electrons. The number of hydrogen-bond donors (Lipinski definition) is 17. The highest BCUT2D eigenvalue weighted by molar-refractivity contribution is 7.46. The summed E-state index contributed by atoms with van der Waals surface area (Å²) in [6.07, 6.45) is -32.0. The summed E-state index contributed by atoms with van der Waals surface area (Å²) in [7, 11) is -17.2. The van der Waals surface area contributed by atoms with Gasteiger partial charge in [0, 0.05) is 19.3 Å². The van der Waals surface area contributed by atoms with E-state index in [0.29, 0.717) is 0 Å². The van der Waals surface area contributed by atoms with E-state index in [-0.39, 0.29) is 0 Å². The maximum Gasteiger partial charge on any atom is 0.472 e. The molecule has 15 atom stereocenters. The minimum Gasteiger partial charge on any atom is -0.477 e. The molecule has 0 aromatic carbocycles.